The summed E-state index contributed by atoms with van der Waals surface area (Å²) in [6.45, 7) is 7.65. The molecule has 6 nitrogen and oxygen atoms in total. The van der Waals surface area contributed by atoms with Crippen LogP contribution in [0.1, 0.15) is 26.3 Å². The molecule has 1 N–H and O–H groups in total. The molecule has 1 saturated heterocycles. The van der Waals surface area contributed by atoms with Crippen LogP contribution < -0.4 is 5.01 Å². The first-order valence-electron chi connectivity index (χ1n) is 6.82. The molecule has 6 heteroatoms. The van der Waals surface area contributed by atoms with Gasteiger partial charge in [0.2, 0.25) is 6.35 Å². The van der Waals surface area contributed by atoms with Crippen molar-refractivity contribution in [2.24, 2.45) is 10.4 Å². The molecule has 3 rings (SSSR count). The number of benzene rings is 1. The van der Waals surface area contributed by atoms with E-state index in [2.05, 4.69) is 37.3 Å². The molecule has 1 fully saturated rings. The molecule has 0 aromatic heterocycles. The van der Waals surface area contributed by atoms with Crippen molar-refractivity contribution >= 4 is 5.69 Å². The van der Waals surface area contributed by atoms with Gasteiger partial charge in [0.1, 0.15) is 6.04 Å². The van der Waals surface area contributed by atoms with Crippen molar-refractivity contribution in [2.45, 2.75) is 38.6 Å². The Balaban J connectivity index is 1.82. The van der Waals surface area contributed by atoms with E-state index in [9.17, 15) is 5.11 Å². The van der Waals surface area contributed by atoms with Crippen LogP contribution in [0.3, 0.4) is 0 Å². The maximum absolute atomic E-state index is 10.3. The lowest BCUT2D eigenvalue weighted by atomic mass is 9.87. The number of ether oxygens (including phenoxy) is 1. The van der Waals surface area contributed by atoms with E-state index >= 15 is 0 Å². The standard InChI is InChI=1S/C14H20N4O2/c1-14(2,3)10-5-4-6-11(7-10)17-13(19)18(16-15-17)12-8-20-9-12/h4-7,12-13,19H,8-9H2,1-3H3. The molecule has 1 aromatic carbocycles. The van der Waals surface area contributed by atoms with Gasteiger partial charge in [-0.05, 0) is 33.6 Å². The molecular weight excluding hydrogens is 256 g/mol. The van der Waals surface area contributed by atoms with E-state index in [4.69, 9.17) is 4.74 Å². The molecule has 108 valence electrons. The van der Waals surface area contributed by atoms with Crippen LogP contribution in [-0.2, 0) is 10.2 Å². The van der Waals surface area contributed by atoms with Crippen LogP contribution in [0.2, 0.25) is 0 Å². The summed E-state index contributed by atoms with van der Waals surface area (Å²) in [5, 5.41) is 21.6. The Morgan fingerprint density at radius 2 is 2.00 bits per heavy atom. The Bertz CT molecular complexity index is 522. The molecule has 2 aliphatic rings. The smallest absolute Gasteiger partial charge is 0.246 e. The van der Waals surface area contributed by atoms with Crippen molar-refractivity contribution in [2.75, 3.05) is 18.2 Å². The molecule has 1 atom stereocenters. The largest absolute Gasteiger partial charge is 0.377 e. The normalized spacial score (nSPS) is 23.3. The topological polar surface area (TPSA) is 60.7 Å². The zero-order valence-electron chi connectivity index (χ0n) is 12.0. The molecule has 1 unspecified atom stereocenters. The number of hydrogen-bond acceptors (Lipinski definition) is 6. The minimum atomic E-state index is -0.862. The average Bonchev–Trinajstić information content (AvgIpc) is 2.69. The van der Waals surface area contributed by atoms with E-state index in [1.165, 1.54) is 10.6 Å². The Labute approximate surface area is 118 Å². The van der Waals surface area contributed by atoms with Crippen LogP contribution in [0.25, 0.3) is 0 Å². The van der Waals surface area contributed by atoms with Crippen molar-refractivity contribution in [1.29, 1.82) is 0 Å². The average molecular weight is 276 g/mol. The number of aliphatic hydroxyl groups is 1. The summed E-state index contributed by atoms with van der Waals surface area (Å²) >= 11 is 0. The third kappa shape index (κ3) is 2.25. The number of hydrogen-bond donors (Lipinski definition) is 1. The summed E-state index contributed by atoms with van der Waals surface area (Å²) in [5.74, 6) is 0. The fraction of sp³-hybridized carbons (Fsp3) is 0.571. The van der Waals surface area contributed by atoms with Crippen molar-refractivity contribution in [3.8, 4) is 0 Å². The summed E-state index contributed by atoms with van der Waals surface area (Å²) in [4.78, 5) is 0. The molecule has 2 aliphatic heterocycles. The second-order valence-electron chi connectivity index (χ2n) is 6.24. The molecule has 1 aromatic rings. The van der Waals surface area contributed by atoms with Gasteiger partial charge in [0, 0.05) is 0 Å². The summed E-state index contributed by atoms with van der Waals surface area (Å²) in [5.41, 5.74) is 2.10. The van der Waals surface area contributed by atoms with E-state index in [0.717, 1.165) is 5.69 Å². The summed E-state index contributed by atoms with van der Waals surface area (Å²) in [6, 6.07) is 8.15. The molecule has 20 heavy (non-hydrogen) atoms. The second kappa shape index (κ2) is 4.71. The minimum Gasteiger partial charge on any atom is -0.377 e. The van der Waals surface area contributed by atoms with Crippen LogP contribution in [0, 0.1) is 0 Å². The van der Waals surface area contributed by atoms with Gasteiger partial charge < -0.3 is 9.84 Å². The van der Waals surface area contributed by atoms with E-state index in [-0.39, 0.29) is 11.5 Å². The highest BCUT2D eigenvalue weighted by molar-refractivity contribution is 5.49. The summed E-state index contributed by atoms with van der Waals surface area (Å²) in [6.07, 6.45) is -0.862. The molecule has 0 amide bonds. The van der Waals surface area contributed by atoms with Crippen molar-refractivity contribution in [3.63, 3.8) is 0 Å². The molecule has 0 aliphatic carbocycles. The molecule has 0 spiro atoms. The van der Waals surface area contributed by atoms with Crippen LogP contribution in [0.5, 0.6) is 0 Å². The third-order valence-electron chi connectivity index (χ3n) is 3.67. The van der Waals surface area contributed by atoms with Gasteiger partial charge in [0.15, 0.2) is 0 Å². The van der Waals surface area contributed by atoms with E-state index < -0.39 is 6.35 Å². The van der Waals surface area contributed by atoms with Crippen LogP contribution in [0.15, 0.2) is 34.7 Å². The molecule has 0 radical (unpaired) electrons. The SMILES string of the molecule is CC(C)(C)c1cccc(N2N=NN(C3COC3)C2O)c1. The first-order valence-corrected chi connectivity index (χ1v) is 6.82. The van der Waals surface area contributed by atoms with Crippen molar-refractivity contribution in [3.05, 3.63) is 29.8 Å². The van der Waals surface area contributed by atoms with Gasteiger partial charge in [0.05, 0.1) is 18.9 Å². The Morgan fingerprint density at radius 1 is 1.25 bits per heavy atom. The molecular formula is C14H20N4O2. The third-order valence-corrected chi connectivity index (χ3v) is 3.67. The Hall–Kier alpha value is -1.66. The van der Waals surface area contributed by atoms with Crippen LogP contribution in [0.4, 0.5) is 5.69 Å². The first kappa shape index (κ1) is 13.3. The highest BCUT2D eigenvalue weighted by Gasteiger charge is 2.37. The lowest BCUT2D eigenvalue weighted by molar-refractivity contribution is -0.113. The first-order chi connectivity index (χ1) is 9.47. The van der Waals surface area contributed by atoms with Gasteiger partial charge in [-0.1, -0.05) is 32.9 Å². The fourth-order valence-corrected chi connectivity index (χ4v) is 2.23. The van der Waals surface area contributed by atoms with Crippen molar-refractivity contribution in [1.82, 2.24) is 5.01 Å². The number of nitrogens with zero attached hydrogens (tertiary/aromatic N) is 4. The molecule has 0 saturated carbocycles. The zero-order valence-corrected chi connectivity index (χ0v) is 12.0. The van der Waals surface area contributed by atoms with Gasteiger partial charge >= 0.3 is 0 Å². The maximum Gasteiger partial charge on any atom is 0.246 e. The fourth-order valence-electron chi connectivity index (χ4n) is 2.23. The highest BCUT2D eigenvalue weighted by atomic mass is 16.5. The van der Waals surface area contributed by atoms with Gasteiger partial charge in [0.25, 0.3) is 0 Å². The van der Waals surface area contributed by atoms with Crippen LogP contribution in [-0.4, -0.2) is 35.7 Å². The monoisotopic (exact) mass is 276 g/mol. The maximum atomic E-state index is 10.3. The molecule has 2 heterocycles. The lowest BCUT2D eigenvalue weighted by Gasteiger charge is -2.35. The van der Waals surface area contributed by atoms with E-state index in [0.29, 0.717) is 13.2 Å². The summed E-state index contributed by atoms with van der Waals surface area (Å²) < 4.78 is 5.13. The quantitative estimate of drug-likeness (QED) is 0.898. The van der Waals surface area contributed by atoms with E-state index in [1.54, 1.807) is 5.01 Å². The highest BCUT2D eigenvalue weighted by Crippen LogP contribution is 2.31. The molecule has 0 bridgehead atoms. The minimum absolute atomic E-state index is 0.0549. The Kier molecular flexibility index (Phi) is 3.14. The van der Waals surface area contributed by atoms with E-state index in [1.807, 2.05) is 18.2 Å². The van der Waals surface area contributed by atoms with Crippen molar-refractivity contribution < 1.29 is 9.84 Å². The zero-order chi connectivity index (χ0) is 14.3. The lowest BCUT2D eigenvalue weighted by Crippen LogP contribution is -2.52. The predicted molar refractivity (Wildman–Crippen MR) is 74.9 cm³/mol. The van der Waals surface area contributed by atoms with Gasteiger partial charge in [-0.3, -0.25) is 0 Å². The van der Waals surface area contributed by atoms with Crippen LogP contribution >= 0.6 is 0 Å². The number of rotatable bonds is 2. The second-order valence-corrected chi connectivity index (χ2v) is 6.24. The van der Waals surface area contributed by atoms with Gasteiger partial charge in [-0.15, -0.1) is 0 Å². The number of anilines is 1. The van der Waals surface area contributed by atoms with Gasteiger partial charge in [-0.2, -0.15) is 5.01 Å². The Morgan fingerprint density at radius 3 is 2.60 bits per heavy atom. The van der Waals surface area contributed by atoms with Gasteiger partial charge in [-0.25, -0.2) is 5.01 Å². The predicted octanol–water partition coefficient (Wildman–Crippen LogP) is 2.06. The summed E-state index contributed by atoms with van der Waals surface area (Å²) in [7, 11) is 0. The number of aliphatic hydroxyl groups excluding tert-OH is 1.